The highest BCUT2D eigenvalue weighted by atomic mass is 35.5. The molecule has 0 bridgehead atoms. The molecule has 27 heavy (non-hydrogen) atoms. The van der Waals surface area contributed by atoms with E-state index in [0.29, 0.717) is 59.7 Å². The summed E-state index contributed by atoms with van der Waals surface area (Å²) < 4.78 is 22.5. The van der Waals surface area contributed by atoms with Crippen LogP contribution in [0.3, 0.4) is 0 Å². The average molecular weight is 388 g/mol. The van der Waals surface area contributed by atoms with Gasteiger partial charge in [0.2, 0.25) is 0 Å². The molecule has 3 aromatic rings. The Balaban J connectivity index is 1.56. The summed E-state index contributed by atoms with van der Waals surface area (Å²) >= 11 is 6.62. The molecule has 0 spiro atoms. The molecule has 0 amide bonds. The number of fused-ring (bicyclic) bond motifs is 1. The second-order valence-corrected chi connectivity index (χ2v) is 7.48. The molecular formula is C19H19ClFN5O. The summed E-state index contributed by atoms with van der Waals surface area (Å²) in [7, 11) is 0. The molecule has 1 aliphatic carbocycles. The van der Waals surface area contributed by atoms with Crippen LogP contribution in [0.15, 0.2) is 24.4 Å². The van der Waals surface area contributed by atoms with Crippen LogP contribution in [0.2, 0.25) is 5.02 Å². The smallest absolute Gasteiger partial charge is 0.173 e. The predicted octanol–water partition coefficient (Wildman–Crippen LogP) is 3.53. The monoisotopic (exact) mass is 387 g/mol. The van der Waals surface area contributed by atoms with Crippen LogP contribution in [-0.2, 0) is 11.3 Å². The van der Waals surface area contributed by atoms with Crippen LogP contribution in [0.4, 0.5) is 10.2 Å². The number of rotatable bonds is 4. The van der Waals surface area contributed by atoms with Gasteiger partial charge >= 0.3 is 0 Å². The summed E-state index contributed by atoms with van der Waals surface area (Å²) in [6.45, 7) is 3.24. The highest BCUT2D eigenvalue weighted by molar-refractivity contribution is 6.37. The van der Waals surface area contributed by atoms with Crippen molar-refractivity contribution in [2.45, 2.75) is 19.4 Å². The van der Waals surface area contributed by atoms with Gasteiger partial charge in [0.05, 0.1) is 23.8 Å². The lowest BCUT2D eigenvalue weighted by Gasteiger charge is -2.28. The first-order chi connectivity index (χ1) is 13.2. The average Bonchev–Trinajstić information content (AvgIpc) is 3.42. The normalized spacial score (nSPS) is 17.6. The van der Waals surface area contributed by atoms with Gasteiger partial charge in [-0.2, -0.15) is 0 Å². The van der Waals surface area contributed by atoms with Gasteiger partial charge in [-0.1, -0.05) is 22.9 Å². The second kappa shape index (κ2) is 6.73. The summed E-state index contributed by atoms with van der Waals surface area (Å²) in [6, 6.07) is 5.42. The van der Waals surface area contributed by atoms with Gasteiger partial charge < -0.3 is 9.64 Å². The zero-order chi connectivity index (χ0) is 18.4. The Morgan fingerprint density at radius 2 is 1.96 bits per heavy atom. The van der Waals surface area contributed by atoms with Crippen LogP contribution in [0.1, 0.15) is 12.8 Å². The highest BCUT2D eigenvalue weighted by Gasteiger charge is 2.25. The largest absolute Gasteiger partial charge is 0.378 e. The van der Waals surface area contributed by atoms with Gasteiger partial charge in [0.15, 0.2) is 11.6 Å². The number of nitrogens with zero attached hydrogens (tertiary/aromatic N) is 5. The fourth-order valence-electron chi connectivity index (χ4n) is 3.53. The SMILES string of the molecule is Fc1c(-c2ccc3c(nnn3CC3CC3)c2Cl)ccnc1N1CCOCC1. The molecule has 0 atom stereocenters. The van der Waals surface area contributed by atoms with E-state index in [1.165, 1.54) is 12.8 Å². The first kappa shape index (κ1) is 16.9. The maximum Gasteiger partial charge on any atom is 0.173 e. The lowest BCUT2D eigenvalue weighted by atomic mass is 10.0. The Bertz CT molecular complexity index is 997. The molecule has 2 aliphatic rings. The van der Waals surface area contributed by atoms with Crippen molar-refractivity contribution in [1.29, 1.82) is 0 Å². The number of morpholine rings is 1. The van der Waals surface area contributed by atoms with E-state index in [0.717, 1.165) is 12.1 Å². The van der Waals surface area contributed by atoms with E-state index in [9.17, 15) is 0 Å². The molecule has 1 saturated heterocycles. The zero-order valence-electron chi connectivity index (χ0n) is 14.7. The van der Waals surface area contributed by atoms with Crippen molar-refractivity contribution in [3.63, 3.8) is 0 Å². The quantitative estimate of drug-likeness (QED) is 0.685. The molecule has 0 radical (unpaired) electrons. The fraction of sp³-hybridized carbons (Fsp3) is 0.421. The second-order valence-electron chi connectivity index (χ2n) is 7.11. The number of hydrogen-bond donors (Lipinski definition) is 0. The summed E-state index contributed by atoms with van der Waals surface area (Å²) in [5.74, 6) is 0.650. The van der Waals surface area contributed by atoms with E-state index in [4.69, 9.17) is 16.3 Å². The molecule has 1 aromatic carbocycles. The lowest BCUT2D eigenvalue weighted by Crippen LogP contribution is -2.37. The standard InChI is InChI=1S/C19H19ClFN5O/c20-16-13(3-4-15-18(16)23-24-26(15)11-12-1-2-12)14-5-6-22-19(17(14)21)25-7-9-27-10-8-25/h3-6,12H,1-2,7-11H2. The number of anilines is 1. The molecule has 1 aliphatic heterocycles. The number of aromatic nitrogens is 4. The van der Waals surface area contributed by atoms with Crippen molar-refractivity contribution in [2.75, 3.05) is 31.2 Å². The Hall–Kier alpha value is -2.25. The van der Waals surface area contributed by atoms with Crippen molar-refractivity contribution >= 4 is 28.5 Å². The minimum absolute atomic E-state index is 0.337. The molecule has 6 nitrogen and oxygen atoms in total. The van der Waals surface area contributed by atoms with Crippen LogP contribution in [0.25, 0.3) is 22.2 Å². The van der Waals surface area contributed by atoms with E-state index in [1.54, 1.807) is 12.3 Å². The molecular weight excluding hydrogens is 369 g/mol. The minimum Gasteiger partial charge on any atom is -0.378 e. The van der Waals surface area contributed by atoms with E-state index < -0.39 is 0 Å². The van der Waals surface area contributed by atoms with Crippen molar-refractivity contribution in [3.8, 4) is 11.1 Å². The van der Waals surface area contributed by atoms with Crippen LogP contribution in [0, 0.1) is 11.7 Å². The third-order valence-corrected chi connectivity index (χ3v) is 5.61. The predicted molar refractivity (Wildman–Crippen MR) is 101 cm³/mol. The number of halogens is 2. The number of pyridine rings is 1. The molecule has 2 fully saturated rings. The first-order valence-electron chi connectivity index (χ1n) is 9.21. The molecule has 1 saturated carbocycles. The Morgan fingerprint density at radius 3 is 2.74 bits per heavy atom. The highest BCUT2D eigenvalue weighted by Crippen LogP contribution is 2.37. The van der Waals surface area contributed by atoms with Gasteiger partial charge in [0.25, 0.3) is 0 Å². The summed E-state index contributed by atoms with van der Waals surface area (Å²) in [6.07, 6.45) is 4.09. The van der Waals surface area contributed by atoms with Crippen LogP contribution >= 0.6 is 11.6 Å². The van der Waals surface area contributed by atoms with Crippen LogP contribution < -0.4 is 4.90 Å². The van der Waals surface area contributed by atoms with E-state index in [2.05, 4.69) is 15.3 Å². The Labute approximate surface area is 160 Å². The van der Waals surface area contributed by atoms with Gasteiger partial charge in [0, 0.05) is 37.0 Å². The lowest BCUT2D eigenvalue weighted by molar-refractivity contribution is 0.122. The first-order valence-corrected chi connectivity index (χ1v) is 9.59. The van der Waals surface area contributed by atoms with Gasteiger partial charge in [-0.15, -0.1) is 5.10 Å². The van der Waals surface area contributed by atoms with E-state index in [1.807, 2.05) is 21.7 Å². The van der Waals surface area contributed by atoms with Crippen molar-refractivity contribution in [3.05, 3.63) is 35.2 Å². The number of ether oxygens (including phenoxy) is 1. The molecule has 0 N–H and O–H groups in total. The minimum atomic E-state index is -0.369. The Morgan fingerprint density at radius 1 is 1.15 bits per heavy atom. The molecule has 0 unspecified atom stereocenters. The van der Waals surface area contributed by atoms with Crippen molar-refractivity contribution < 1.29 is 9.13 Å². The molecule has 8 heteroatoms. The van der Waals surface area contributed by atoms with Gasteiger partial charge in [-0.25, -0.2) is 14.1 Å². The van der Waals surface area contributed by atoms with Gasteiger partial charge in [0.1, 0.15) is 5.52 Å². The van der Waals surface area contributed by atoms with Gasteiger partial charge in [-0.05, 0) is 30.9 Å². The molecule has 140 valence electrons. The molecule has 2 aromatic heterocycles. The summed E-state index contributed by atoms with van der Waals surface area (Å²) in [4.78, 5) is 6.15. The fourth-order valence-corrected chi connectivity index (χ4v) is 3.83. The molecule has 3 heterocycles. The van der Waals surface area contributed by atoms with Crippen LogP contribution in [-0.4, -0.2) is 46.3 Å². The number of benzene rings is 1. The third kappa shape index (κ3) is 3.04. The van der Waals surface area contributed by atoms with Gasteiger partial charge in [-0.3, -0.25) is 0 Å². The van der Waals surface area contributed by atoms with Crippen molar-refractivity contribution in [1.82, 2.24) is 20.0 Å². The maximum atomic E-state index is 15.3. The van der Waals surface area contributed by atoms with Crippen LogP contribution in [0.5, 0.6) is 0 Å². The van der Waals surface area contributed by atoms with Crippen molar-refractivity contribution in [2.24, 2.45) is 5.92 Å². The van der Waals surface area contributed by atoms with E-state index >= 15 is 4.39 Å². The third-order valence-electron chi connectivity index (χ3n) is 5.23. The summed E-state index contributed by atoms with van der Waals surface area (Å²) in [5, 5.41) is 8.91. The topological polar surface area (TPSA) is 56.1 Å². The Kier molecular flexibility index (Phi) is 4.21. The van der Waals surface area contributed by atoms with E-state index in [-0.39, 0.29) is 5.82 Å². The molecule has 5 rings (SSSR count). The summed E-state index contributed by atoms with van der Waals surface area (Å²) in [5.41, 5.74) is 2.53. The number of hydrogen-bond acceptors (Lipinski definition) is 5. The maximum absolute atomic E-state index is 15.3. The zero-order valence-corrected chi connectivity index (χ0v) is 15.5.